The molecule has 24 heavy (non-hydrogen) atoms. The first kappa shape index (κ1) is 16.5. The van der Waals surface area contributed by atoms with E-state index in [4.69, 9.17) is 4.74 Å². The maximum Gasteiger partial charge on any atom is 0.318 e. The minimum absolute atomic E-state index is 0.0422. The van der Waals surface area contributed by atoms with Crippen molar-refractivity contribution < 1.29 is 9.53 Å². The van der Waals surface area contributed by atoms with Crippen LogP contribution >= 0.6 is 0 Å². The third-order valence-electron chi connectivity index (χ3n) is 4.30. The second-order valence-corrected chi connectivity index (χ2v) is 6.25. The minimum Gasteiger partial charge on any atom is -0.374 e. The first-order valence-corrected chi connectivity index (χ1v) is 8.31. The summed E-state index contributed by atoms with van der Waals surface area (Å²) in [6.07, 6.45) is 4.56. The summed E-state index contributed by atoms with van der Waals surface area (Å²) in [5, 5.41) is 7.19. The van der Waals surface area contributed by atoms with Gasteiger partial charge < -0.3 is 15.0 Å². The lowest BCUT2D eigenvalue weighted by Crippen LogP contribution is -2.50. The van der Waals surface area contributed by atoms with Crippen LogP contribution in [0.5, 0.6) is 0 Å². The van der Waals surface area contributed by atoms with Gasteiger partial charge in [-0.1, -0.05) is 30.3 Å². The van der Waals surface area contributed by atoms with Crippen molar-refractivity contribution >= 4 is 6.03 Å². The van der Waals surface area contributed by atoms with Crippen LogP contribution in [-0.2, 0) is 18.2 Å². The molecule has 128 valence electrons. The van der Waals surface area contributed by atoms with Crippen LogP contribution in [0.2, 0.25) is 0 Å². The summed E-state index contributed by atoms with van der Waals surface area (Å²) in [5.41, 5.74) is 2.23. The van der Waals surface area contributed by atoms with Gasteiger partial charge in [0.1, 0.15) is 0 Å². The Labute approximate surface area is 142 Å². The number of nitrogens with zero attached hydrogens (tertiary/aromatic N) is 3. The Morgan fingerprint density at radius 1 is 1.42 bits per heavy atom. The molecular weight excluding hydrogens is 304 g/mol. The van der Waals surface area contributed by atoms with Crippen molar-refractivity contribution in [2.24, 2.45) is 7.05 Å². The number of aryl methyl sites for hydroxylation is 1. The molecule has 2 atom stereocenters. The highest BCUT2D eigenvalue weighted by Crippen LogP contribution is 2.14. The quantitative estimate of drug-likeness (QED) is 0.935. The number of morpholine rings is 1. The SMILES string of the molecule is C[C@@H](NC(=O)N1CCO[C@H](Cc2ccccc2)C1)c1cnn(C)c1. The number of rotatable bonds is 4. The summed E-state index contributed by atoms with van der Waals surface area (Å²) in [5.74, 6) is 0. The molecule has 2 heterocycles. The Balaban J connectivity index is 1.55. The van der Waals surface area contributed by atoms with Crippen LogP contribution in [0.3, 0.4) is 0 Å². The molecule has 0 unspecified atom stereocenters. The van der Waals surface area contributed by atoms with Crippen LogP contribution in [0.1, 0.15) is 24.1 Å². The van der Waals surface area contributed by atoms with Crippen molar-refractivity contribution in [1.82, 2.24) is 20.0 Å². The maximum atomic E-state index is 12.5. The summed E-state index contributed by atoms with van der Waals surface area (Å²) in [4.78, 5) is 14.4. The first-order valence-electron chi connectivity index (χ1n) is 8.31. The van der Waals surface area contributed by atoms with E-state index in [9.17, 15) is 4.79 Å². The summed E-state index contributed by atoms with van der Waals surface area (Å²) >= 11 is 0. The predicted molar refractivity (Wildman–Crippen MR) is 91.6 cm³/mol. The number of ether oxygens (including phenoxy) is 1. The molecule has 1 N–H and O–H groups in total. The van der Waals surface area contributed by atoms with Crippen LogP contribution in [-0.4, -0.2) is 46.5 Å². The van der Waals surface area contributed by atoms with Gasteiger partial charge in [-0.3, -0.25) is 4.68 Å². The second kappa shape index (κ2) is 7.49. The van der Waals surface area contributed by atoms with E-state index < -0.39 is 0 Å². The number of urea groups is 1. The van der Waals surface area contributed by atoms with Gasteiger partial charge in [-0.25, -0.2) is 4.79 Å². The fourth-order valence-electron chi connectivity index (χ4n) is 2.93. The molecule has 2 aromatic rings. The number of nitrogens with one attached hydrogen (secondary N) is 1. The number of carbonyl (C=O) groups is 1. The molecule has 0 aliphatic carbocycles. The second-order valence-electron chi connectivity index (χ2n) is 6.25. The fourth-order valence-corrected chi connectivity index (χ4v) is 2.93. The van der Waals surface area contributed by atoms with E-state index in [0.29, 0.717) is 19.7 Å². The predicted octanol–water partition coefficient (Wildman–Crippen LogP) is 2.13. The molecule has 1 aliphatic rings. The van der Waals surface area contributed by atoms with Gasteiger partial charge in [0.15, 0.2) is 0 Å². The van der Waals surface area contributed by atoms with Crippen LogP contribution < -0.4 is 5.32 Å². The Bertz CT molecular complexity index is 671. The molecule has 1 saturated heterocycles. The van der Waals surface area contributed by atoms with Crippen LogP contribution in [0.25, 0.3) is 0 Å². The number of hydrogen-bond acceptors (Lipinski definition) is 3. The topological polar surface area (TPSA) is 59.4 Å². The van der Waals surface area contributed by atoms with Crippen LogP contribution in [0.4, 0.5) is 4.79 Å². The number of benzene rings is 1. The zero-order chi connectivity index (χ0) is 16.9. The summed E-state index contributed by atoms with van der Waals surface area (Å²) in [6, 6.07) is 10.1. The maximum absolute atomic E-state index is 12.5. The monoisotopic (exact) mass is 328 g/mol. The van der Waals surface area contributed by atoms with Crippen molar-refractivity contribution in [3.63, 3.8) is 0 Å². The number of aromatic nitrogens is 2. The number of carbonyl (C=O) groups excluding carboxylic acids is 1. The van der Waals surface area contributed by atoms with Gasteiger partial charge in [-0.05, 0) is 12.5 Å². The van der Waals surface area contributed by atoms with Gasteiger partial charge in [-0.15, -0.1) is 0 Å². The fraction of sp³-hybridized carbons (Fsp3) is 0.444. The van der Waals surface area contributed by atoms with Crippen LogP contribution in [0.15, 0.2) is 42.7 Å². The van der Waals surface area contributed by atoms with Gasteiger partial charge in [0, 0.05) is 38.3 Å². The van der Waals surface area contributed by atoms with E-state index in [1.807, 2.05) is 43.3 Å². The van der Waals surface area contributed by atoms with Crippen molar-refractivity contribution in [2.45, 2.75) is 25.5 Å². The average Bonchev–Trinajstić information content (AvgIpc) is 3.03. The van der Waals surface area contributed by atoms with Crippen molar-refractivity contribution in [3.05, 3.63) is 53.9 Å². The lowest BCUT2D eigenvalue weighted by atomic mass is 10.1. The molecule has 1 aromatic carbocycles. The van der Waals surface area contributed by atoms with E-state index in [0.717, 1.165) is 12.0 Å². The molecule has 1 fully saturated rings. The van der Waals surface area contributed by atoms with E-state index in [1.165, 1.54) is 5.56 Å². The molecule has 0 saturated carbocycles. The molecule has 3 rings (SSSR count). The van der Waals surface area contributed by atoms with E-state index in [1.54, 1.807) is 10.9 Å². The summed E-state index contributed by atoms with van der Waals surface area (Å²) in [7, 11) is 1.87. The first-order chi connectivity index (χ1) is 11.6. The highest BCUT2D eigenvalue weighted by molar-refractivity contribution is 5.74. The van der Waals surface area contributed by atoms with Gasteiger partial charge >= 0.3 is 6.03 Å². The number of hydrogen-bond donors (Lipinski definition) is 1. The standard InChI is InChI=1S/C18H24N4O2/c1-14(16-11-19-21(2)12-16)20-18(23)22-8-9-24-17(13-22)10-15-6-4-3-5-7-15/h3-7,11-12,14,17H,8-10,13H2,1-2H3,(H,20,23)/t14-,17-/m1/s1. The highest BCUT2D eigenvalue weighted by atomic mass is 16.5. The Kier molecular flexibility index (Phi) is 5.15. The molecule has 6 heteroatoms. The van der Waals surface area contributed by atoms with Gasteiger partial charge in [0.2, 0.25) is 0 Å². The molecule has 1 aliphatic heterocycles. The largest absolute Gasteiger partial charge is 0.374 e. The zero-order valence-corrected chi connectivity index (χ0v) is 14.2. The lowest BCUT2D eigenvalue weighted by Gasteiger charge is -2.33. The van der Waals surface area contributed by atoms with E-state index in [-0.39, 0.29) is 18.2 Å². The third kappa shape index (κ3) is 4.14. The molecule has 2 amide bonds. The molecule has 0 bridgehead atoms. The lowest BCUT2D eigenvalue weighted by molar-refractivity contribution is -0.0135. The summed E-state index contributed by atoms with van der Waals surface area (Å²) < 4.78 is 7.56. The van der Waals surface area contributed by atoms with E-state index in [2.05, 4.69) is 22.5 Å². The highest BCUT2D eigenvalue weighted by Gasteiger charge is 2.25. The van der Waals surface area contributed by atoms with Crippen molar-refractivity contribution in [1.29, 1.82) is 0 Å². The van der Waals surface area contributed by atoms with Crippen molar-refractivity contribution in [3.8, 4) is 0 Å². The van der Waals surface area contributed by atoms with Crippen LogP contribution in [0, 0.1) is 0 Å². The van der Waals surface area contributed by atoms with E-state index >= 15 is 0 Å². The molecule has 0 radical (unpaired) electrons. The normalized spacial score (nSPS) is 19.1. The molecule has 6 nitrogen and oxygen atoms in total. The molecule has 0 spiro atoms. The minimum atomic E-state index is -0.0679. The van der Waals surface area contributed by atoms with Crippen molar-refractivity contribution in [2.75, 3.05) is 19.7 Å². The number of amides is 2. The third-order valence-corrected chi connectivity index (χ3v) is 4.30. The average molecular weight is 328 g/mol. The zero-order valence-electron chi connectivity index (χ0n) is 14.2. The Morgan fingerprint density at radius 2 is 2.21 bits per heavy atom. The van der Waals surface area contributed by atoms with Gasteiger partial charge in [0.05, 0.1) is 24.9 Å². The molecule has 1 aromatic heterocycles. The Morgan fingerprint density at radius 3 is 2.92 bits per heavy atom. The Hall–Kier alpha value is -2.34. The van der Waals surface area contributed by atoms with Gasteiger partial charge in [0.25, 0.3) is 0 Å². The molecular formula is C18H24N4O2. The van der Waals surface area contributed by atoms with Gasteiger partial charge in [-0.2, -0.15) is 5.10 Å². The summed E-state index contributed by atoms with van der Waals surface area (Å²) in [6.45, 7) is 3.78. The smallest absolute Gasteiger partial charge is 0.318 e.